The Kier molecular flexibility index (Phi) is 5.12. The van der Waals surface area contributed by atoms with Crippen LogP contribution in [0.5, 0.6) is 0 Å². The second-order valence-corrected chi connectivity index (χ2v) is 7.06. The number of hydrogen-bond donors (Lipinski definition) is 3. The summed E-state index contributed by atoms with van der Waals surface area (Å²) in [6.07, 6.45) is 6.57. The lowest BCUT2D eigenvalue weighted by molar-refractivity contribution is 0.0534. The standard InChI is InChI=1S/C20H23N5O2/c1-20(2,3)27-19(26)22-10-6-9-16-18(21)24-12-17(25-16)14-11-23-15-8-5-4-7-13(14)15/h4-9,11-12,23H,10H2,1-3H3,(H2,21,24)(H,22,26). The second-order valence-electron chi connectivity index (χ2n) is 7.06. The van der Waals surface area contributed by atoms with Gasteiger partial charge in [0.15, 0.2) is 0 Å². The molecule has 0 aliphatic carbocycles. The van der Waals surface area contributed by atoms with Crippen molar-refractivity contribution in [3.63, 3.8) is 0 Å². The van der Waals surface area contributed by atoms with Gasteiger partial charge >= 0.3 is 6.09 Å². The largest absolute Gasteiger partial charge is 0.444 e. The molecule has 2 heterocycles. The highest BCUT2D eigenvalue weighted by molar-refractivity contribution is 5.94. The molecule has 2 aromatic heterocycles. The molecular weight excluding hydrogens is 342 g/mol. The number of H-pyrrole nitrogens is 1. The molecule has 3 rings (SSSR count). The van der Waals surface area contributed by atoms with Crippen LogP contribution in [0.2, 0.25) is 0 Å². The van der Waals surface area contributed by atoms with Crippen LogP contribution in [0.15, 0.2) is 42.7 Å². The third-order valence-corrected chi connectivity index (χ3v) is 3.73. The minimum atomic E-state index is -0.530. The molecule has 0 saturated carbocycles. The zero-order chi connectivity index (χ0) is 19.4. The topological polar surface area (TPSA) is 106 Å². The van der Waals surface area contributed by atoms with Gasteiger partial charge in [-0.2, -0.15) is 0 Å². The first-order chi connectivity index (χ1) is 12.8. The quantitative estimate of drug-likeness (QED) is 0.653. The molecule has 0 aliphatic heterocycles. The van der Waals surface area contributed by atoms with Crippen molar-refractivity contribution in [2.45, 2.75) is 26.4 Å². The zero-order valence-electron chi connectivity index (χ0n) is 15.6. The van der Waals surface area contributed by atoms with Crippen molar-refractivity contribution in [3.8, 4) is 11.3 Å². The number of anilines is 1. The van der Waals surface area contributed by atoms with E-state index in [9.17, 15) is 4.79 Å². The Labute approximate surface area is 157 Å². The average Bonchev–Trinajstić information content (AvgIpc) is 3.03. The summed E-state index contributed by atoms with van der Waals surface area (Å²) in [5.74, 6) is 0.326. The lowest BCUT2D eigenvalue weighted by Crippen LogP contribution is -2.32. The minimum Gasteiger partial charge on any atom is -0.444 e. The first kappa shape index (κ1) is 18.4. The SMILES string of the molecule is CC(C)(C)OC(=O)NCC=Cc1nc(-c2c[nH]c3ccccc23)cnc1N. The predicted molar refractivity (Wildman–Crippen MR) is 107 cm³/mol. The number of rotatable bonds is 4. The third kappa shape index (κ3) is 4.63. The number of nitrogens with two attached hydrogens (primary N) is 1. The van der Waals surface area contributed by atoms with E-state index >= 15 is 0 Å². The Balaban J connectivity index is 1.73. The van der Waals surface area contributed by atoms with E-state index in [2.05, 4.69) is 20.3 Å². The van der Waals surface area contributed by atoms with Crippen molar-refractivity contribution in [2.24, 2.45) is 0 Å². The van der Waals surface area contributed by atoms with Crippen molar-refractivity contribution >= 4 is 28.9 Å². The number of alkyl carbamates (subject to hydrolysis) is 1. The Morgan fingerprint density at radius 2 is 2.11 bits per heavy atom. The third-order valence-electron chi connectivity index (χ3n) is 3.73. The van der Waals surface area contributed by atoms with Gasteiger partial charge in [0, 0.05) is 29.2 Å². The molecule has 0 fully saturated rings. The van der Waals surface area contributed by atoms with E-state index in [1.165, 1.54) is 0 Å². The fourth-order valence-electron chi connectivity index (χ4n) is 2.58. The second kappa shape index (κ2) is 7.49. The van der Waals surface area contributed by atoms with E-state index in [1.807, 2.05) is 51.2 Å². The number of aromatic nitrogens is 3. The zero-order valence-corrected chi connectivity index (χ0v) is 15.6. The lowest BCUT2D eigenvalue weighted by atomic mass is 10.1. The van der Waals surface area contributed by atoms with Gasteiger partial charge in [-0.1, -0.05) is 24.3 Å². The van der Waals surface area contributed by atoms with Crippen LogP contribution >= 0.6 is 0 Å². The molecule has 27 heavy (non-hydrogen) atoms. The number of carbonyl (C=O) groups is 1. The fraction of sp³-hybridized carbons (Fsp3) is 0.250. The number of hydrogen-bond acceptors (Lipinski definition) is 5. The maximum Gasteiger partial charge on any atom is 0.407 e. The number of nitrogens with one attached hydrogen (secondary N) is 2. The van der Waals surface area contributed by atoms with Gasteiger partial charge in [0.1, 0.15) is 17.1 Å². The Morgan fingerprint density at radius 1 is 1.33 bits per heavy atom. The van der Waals surface area contributed by atoms with E-state index in [4.69, 9.17) is 10.5 Å². The summed E-state index contributed by atoms with van der Waals surface area (Å²) in [6, 6.07) is 7.99. The molecule has 7 heteroatoms. The molecule has 4 N–H and O–H groups in total. The van der Waals surface area contributed by atoms with Crippen LogP contribution in [0.1, 0.15) is 26.5 Å². The highest BCUT2D eigenvalue weighted by atomic mass is 16.6. The van der Waals surface area contributed by atoms with Gasteiger partial charge in [-0.05, 0) is 32.9 Å². The van der Waals surface area contributed by atoms with E-state index in [0.717, 1.165) is 22.2 Å². The number of fused-ring (bicyclic) bond motifs is 1. The van der Waals surface area contributed by atoms with Crippen LogP contribution in [0.4, 0.5) is 10.6 Å². The van der Waals surface area contributed by atoms with Crippen molar-refractivity contribution in [1.29, 1.82) is 0 Å². The molecule has 0 unspecified atom stereocenters. The van der Waals surface area contributed by atoms with Gasteiger partial charge in [-0.25, -0.2) is 14.8 Å². The molecule has 0 bridgehead atoms. The molecule has 0 aliphatic rings. The number of ether oxygens (including phenoxy) is 1. The maximum atomic E-state index is 11.6. The van der Waals surface area contributed by atoms with Crippen molar-refractivity contribution in [1.82, 2.24) is 20.3 Å². The minimum absolute atomic E-state index is 0.299. The molecule has 1 aromatic carbocycles. The lowest BCUT2D eigenvalue weighted by Gasteiger charge is -2.19. The molecule has 1 amide bonds. The van der Waals surface area contributed by atoms with Gasteiger partial charge in [-0.3, -0.25) is 0 Å². The Hall–Kier alpha value is -3.35. The highest BCUT2D eigenvalue weighted by Crippen LogP contribution is 2.27. The number of benzene rings is 1. The molecular formula is C20H23N5O2. The smallest absolute Gasteiger partial charge is 0.407 e. The Bertz CT molecular complexity index is 985. The van der Waals surface area contributed by atoms with Crippen LogP contribution in [0, 0.1) is 0 Å². The summed E-state index contributed by atoms with van der Waals surface area (Å²) in [5, 5.41) is 3.72. The number of carbonyl (C=O) groups excluding carboxylic acids is 1. The van der Waals surface area contributed by atoms with Gasteiger partial charge < -0.3 is 20.8 Å². The molecule has 0 atom stereocenters. The Morgan fingerprint density at radius 3 is 2.89 bits per heavy atom. The van der Waals surface area contributed by atoms with Crippen LogP contribution in [-0.4, -0.2) is 33.2 Å². The predicted octanol–water partition coefficient (Wildman–Crippen LogP) is 3.75. The van der Waals surface area contributed by atoms with Crippen molar-refractivity contribution < 1.29 is 9.53 Å². The van der Waals surface area contributed by atoms with Crippen LogP contribution in [0.3, 0.4) is 0 Å². The van der Waals surface area contributed by atoms with Gasteiger partial charge in [0.05, 0.1) is 11.9 Å². The summed E-state index contributed by atoms with van der Waals surface area (Å²) >= 11 is 0. The first-order valence-corrected chi connectivity index (χ1v) is 8.66. The van der Waals surface area contributed by atoms with E-state index in [-0.39, 0.29) is 0 Å². The van der Waals surface area contributed by atoms with E-state index in [0.29, 0.717) is 18.1 Å². The van der Waals surface area contributed by atoms with Gasteiger partial charge in [-0.15, -0.1) is 0 Å². The summed E-state index contributed by atoms with van der Waals surface area (Å²) in [7, 11) is 0. The highest BCUT2D eigenvalue weighted by Gasteiger charge is 2.15. The summed E-state index contributed by atoms with van der Waals surface area (Å²) in [6.45, 7) is 5.74. The molecule has 3 aromatic rings. The molecule has 140 valence electrons. The van der Waals surface area contributed by atoms with Gasteiger partial charge in [0.2, 0.25) is 0 Å². The molecule has 7 nitrogen and oxygen atoms in total. The van der Waals surface area contributed by atoms with E-state index in [1.54, 1.807) is 18.3 Å². The molecule has 0 spiro atoms. The summed E-state index contributed by atoms with van der Waals surface area (Å²) in [5.41, 5.74) is 8.66. The van der Waals surface area contributed by atoms with Crippen LogP contribution in [0.25, 0.3) is 28.2 Å². The monoisotopic (exact) mass is 365 g/mol. The van der Waals surface area contributed by atoms with E-state index < -0.39 is 11.7 Å². The number of nitrogen functional groups attached to an aromatic ring is 1. The van der Waals surface area contributed by atoms with Crippen LogP contribution < -0.4 is 11.1 Å². The molecule has 0 saturated heterocycles. The number of nitrogens with zero attached hydrogens (tertiary/aromatic N) is 2. The summed E-state index contributed by atoms with van der Waals surface area (Å²) in [4.78, 5) is 23.7. The summed E-state index contributed by atoms with van der Waals surface area (Å²) < 4.78 is 5.18. The number of aromatic amines is 1. The van der Waals surface area contributed by atoms with Crippen molar-refractivity contribution in [3.05, 3.63) is 48.4 Å². The fourth-order valence-corrected chi connectivity index (χ4v) is 2.58. The first-order valence-electron chi connectivity index (χ1n) is 8.66. The maximum absolute atomic E-state index is 11.6. The molecule has 0 radical (unpaired) electrons. The number of para-hydroxylation sites is 1. The van der Waals surface area contributed by atoms with Gasteiger partial charge in [0.25, 0.3) is 0 Å². The number of amides is 1. The van der Waals surface area contributed by atoms with Crippen molar-refractivity contribution in [2.75, 3.05) is 12.3 Å². The average molecular weight is 365 g/mol. The van der Waals surface area contributed by atoms with Crippen LogP contribution in [-0.2, 0) is 4.74 Å². The normalized spacial score (nSPS) is 11.8.